The number of nitrogens with one attached hydrogen (secondary N) is 1. The molecule has 31 heavy (non-hydrogen) atoms. The number of ether oxygens (including phenoxy) is 1. The van der Waals surface area contributed by atoms with E-state index in [1.165, 1.54) is 5.56 Å². The summed E-state index contributed by atoms with van der Waals surface area (Å²) in [5.74, 6) is 1.74. The Balaban J connectivity index is 1.38. The second-order valence-electron chi connectivity index (χ2n) is 8.42. The molecular formula is C25H30N4O2. The molecule has 2 heterocycles. The van der Waals surface area contributed by atoms with Gasteiger partial charge in [0.2, 0.25) is 0 Å². The third-order valence-electron chi connectivity index (χ3n) is 6.23. The number of hydrogen-bond acceptors (Lipinski definition) is 4. The molecule has 0 aliphatic heterocycles. The average Bonchev–Trinajstić information content (AvgIpc) is 3.19. The van der Waals surface area contributed by atoms with E-state index in [1.807, 2.05) is 44.4 Å². The molecule has 6 heteroatoms. The smallest absolute Gasteiger partial charge is 0.255 e. The Morgan fingerprint density at radius 3 is 2.71 bits per heavy atom. The maximum Gasteiger partial charge on any atom is 0.255 e. The van der Waals surface area contributed by atoms with Crippen LogP contribution in [0.2, 0.25) is 0 Å². The summed E-state index contributed by atoms with van der Waals surface area (Å²) in [6.07, 6.45) is 8.24. The van der Waals surface area contributed by atoms with Gasteiger partial charge in [-0.15, -0.1) is 0 Å². The number of aryl methyl sites for hydroxylation is 2. The number of pyridine rings is 1. The van der Waals surface area contributed by atoms with Gasteiger partial charge in [-0.1, -0.05) is 12.1 Å². The number of benzene rings is 1. The molecule has 2 aromatic heterocycles. The van der Waals surface area contributed by atoms with Gasteiger partial charge in [0.1, 0.15) is 11.4 Å². The Labute approximate surface area is 183 Å². The molecule has 1 saturated carbocycles. The Hall–Kier alpha value is -3.15. The van der Waals surface area contributed by atoms with E-state index >= 15 is 0 Å². The minimum Gasteiger partial charge on any atom is -0.496 e. The molecular weight excluding hydrogens is 388 g/mol. The van der Waals surface area contributed by atoms with E-state index in [0.717, 1.165) is 36.9 Å². The van der Waals surface area contributed by atoms with E-state index in [9.17, 15) is 4.79 Å². The average molecular weight is 419 g/mol. The molecule has 0 bridgehead atoms. The maximum atomic E-state index is 13.0. The molecule has 6 nitrogen and oxygen atoms in total. The lowest BCUT2D eigenvalue weighted by molar-refractivity contribution is 0.0943. The summed E-state index contributed by atoms with van der Waals surface area (Å²) < 4.78 is 7.15. The largest absolute Gasteiger partial charge is 0.496 e. The molecule has 1 fully saturated rings. The number of carbonyl (C=O) groups is 1. The van der Waals surface area contributed by atoms with E-state index in [4.69, 9.17) is 4.74 Å². The number of hydrogen-bond donors (Lipinski definition) is 1. The zero-order valence-corrected chi connectivity index (χ0v) is 18.5. The highest BCUT2D eigenvalue weighted by Crippen LogP contribution is 2.36. The van der Waals surface area contributed by atoms with E-state index in [-0.39, 0.29) is 5.91 Å². The van der Waals surface area contributed by atoms with Crippen LogP contribution in [0.4, 0.5) is 0 Å². The van der Waals surface area contributed by atoms with Crippen molar-refractivity contribution in [1.29, 1.82) is 0 Å². The molecule has 1 N–H and O–H groups in total. The van der Waals surface area contributed by atoms with Crippen molar-refractivity contribution >= 4 is 5.91 Å². The van der Waals surface area contributed by atoms with Crippen LogP contribution in [-0.4, -0.2) is 34.3 Å². The monoisotopic (exact) mass is 418 g/mol. The molecule has 1 aliphatic rings. The zero-order valence-electron chi connectivity index (χ0n) is 18.5. The van der Waals surface area contributed by atoms with Gasteiger partial charge in [-0.25, -0.2) is 0 Å². The van der Waals surface area contributed by atoms with Crippen LogP contribution in [0.25, 0.3) is 11.3 Å². The van der Waals surface area contributed by atoms with E-state index < -0.39 is 0 Å². The highest BCUT2D eigenvalue weighted by atomic mass is 16.5. The van der Waals surface area contributed by atoms with Crippen molar-refractivity contribution in [3.63, 3.8) is 0 Å². The molecule has 162 valence electrons. The molecule has 1 aliphatic carbocycles. The van der Waals surface area contributed by atoms with Crippen LogP contribution in [0.1, 0.15) is 53.2 Å². The van der Waals surface area contributed by atoms with Gasteiger partial charge in [-0.05, 0) is 74.3 Å². The summed E-state index contributed by atoms with van der Waals surface area (Å²) in [6, 6.07) is 12.0. The van der Waals surface area contributed by atoms with Crippen LogP contribution < -0.4 is 10.1 Å². The van der Waals surface area contributed by atoms with Crippen LogP contribution in [0.5, 0.6) is 5.75 Å². The predicted molar refractivity (Wildman–Crippen MR) is 121 cm³/mol. The lowest BCUT2D eigenvalue weighted by atomic mass is 9.79. The van der Waals surface area contributed by atoms with E-state index in [2.05, 4.69) is 27.5 Å². The normalized spacial score (nSPS) is 18.5. The first-order valence-electron chi connectivity index (χ1n) is 10.9. The molecule has 0 spiro atoms. The van der Waals surface area contributed by atoms with Crippen LogP contribution >= 0.6 is 0 Å². The van der Waals surface area contributed by atoms with Crippen molar-refractivity contribution in [3.05, 3.63) is 65.6 Å². The van der Waals surface area contributed by atoms with Crippen molar-refractivity contribution in [2.75, 3.05) is 13.7 Å². The number of amides is 1. The fourth-order valence-electron chi connectivity index (χ4n) is 4.55. The first-order valence-corrected chi connectivity index (χ1v) is 10.9. The molecule has 3 aromatic rings. The van der Waals surface area contributed by atoms with Gasteiger partial charge in [-0.3, -0.25) is 14.5 Å². The Morgan fingerprint density at radius 1 is 1.19 bits per heavy atom. The van der Waals surface area contributed by atoms with Crippen molar-refractivity contribution in [1.82, 2.24) is 20.1 Å². The lowest BCUT2D eigenvalue weighted by Gasteiger charge is -2.29. The first kappa shape index (κ1) is 21.1. The Bertz CT molecular complexity index is 1050. The Kier molecular flexibility index (Phi) is 6.35. The van der Waals surface area contributed by atoms with Gasteiger partial charge in [0.15, 0.2) is 0 Å². The lowest BCUT2D eigenvalue weighted by Crippen LogP contribution is -2.31. The minimum absolute atomic E-state index is 0.0825. The molecule has 0 atom stereocenters. The number of carbonyl (C=O) groups excluding carboxylic acids is 1. The second kappa shape index (κ2) is 9.33. The van der Waals surface area contributed by atoms with Crippen molar-refractivity contribution in [3.8, 4) is 17.0 Å². The van der Waals surface area contributed by atoms with Crippen molar-refractivity contribution in [2.24, 2.45) is 13.0 Å². The number of rotatable bonds is 6. The third kappa shape index (κ3) is 4.79. The van der Waals surface area contributed by atoms with Crippen LogP contribution in [0, 0.1) is 12.8 Å². The fourth-order valence-corrected chi connectivity index (χ4v) is 4.55. The highest BCUT2D eigenvalue weighted by molar-refractivity contribution is 6.00. The summed E-state index contributed by atoms with van der Waals surface area (Å²) in [4.78, 5) is 17.3. The predicted octanol–water partition coefficient (Wildman–Crippen LogP) is 4.50. The van der Waals surface area contributed by atoms with E-state index in [0.29, 0.717) is 35.4 Å². The topological polar surface area (TPSA) is 69.0 Å². The SMILES string of the molecule is COc1ccccc1-c1nn(C)cc1C(=O)NCC1CCC(c2ccnc(C)c2)CC1. The number of nitrogens with zero attached hydrogens (tertiary/aromatic N) is 3. The van der Waals surface area contributed by atoms with Crippen LogP contribution in [0.15, 0.2) is 48.8 Å². The van der Waals surface area contributed by atoms with E-state index in [1.54, 1.807) is 18.0 Å². The number of para-hydroxylation sites is 1. The minimum atomic E-state index is -0.0825. The van der Waals surface area contributed by atoms with Gasteiger partial charge in [0.25, 0.3) is 5.91 Å². The van der Waals surface area contributed by atoms with Gasteiger partial charge in [-0.2, -0.15) is 5.10 Å². The quantitative estimate of drug-likeness (QED) is 0.640. The zero-order chi connectivity index (χ0) is 21.8. The summed E-state index contributed by atoms with van der Waals surface area (Å²) in [7, 11) is 3.46. The van der Waals surface area contributed by atoms with Crippen LogP contribution in [0.3, 0.4) is 0 Å². The van der Waals surface area contributed by atoms with Gasteiger partial charge in [0, 0.05) is 37.2 Å². The highest BCUT2D eigenvalue weighted by Gasteiger charge is 2.24. The summed E-state index contributed by atoms with van der Waals surface area (Å²) in [5, 5.41) is 7.68. The second-order valence-corrected chi connectivity index (χ2v) is 8.42. The van der Waals surface area contributed by atoms with Gasteiger partial charge < -0.3 is 10.1 Å². The summed E-state index contributed by atoms with van der Waals surface area (Å²) >= 11 is 0. The molecule has 4 rings (SSSR count). The summed E-state index contributed by atoms with van der Waals surface area (Å²) in [5.41, 5.74) is 4.52. The summed E-state index contributed by atoms with van der Waals surface area (Å²) in [6.45, 7) is 2.74. The first-order chi connectivity index (χ1) is 15.0. The maximum absolute atomic E-state index is 13.0. The van der Waals surface area contributed by atoms with Gasteiger partial charge in [0.05, 0.1) is 12.7 Å². The van der Waals surface area contributed by atoms with Crippen molar-refractivity contribution < 1.29 is 9.53 Å². The fraction of sp³-hybridized carbons (Fsp3) is 0.400. The number of methoxy groups -OCH3 is 1. The molecule has 0 radical (unpaired) electrons. The molecule has 1 aromatic carbocycles. The third-order valence-corrected chi connectivity index (χ3v) is 6.23. The number of aromatic nitrogens is 3. The molecule has 0 saturated heterocycles. The molecule has 1 amide bonds. The Morgan fingerprint density at radius 2 is 1.97 bits per heavy atom. The van der Waals surface area contributed by atoms with Gasteiger partial charge >= 0.3 is 0 Å². The van der Waals surface area contributed by atoms with Crippen LogP contribution in [-0.2, 0) is 7.05 Å². The van der Waals surface area contributed by atoms with Crippen molar-refractivity contribution in [2.45, 2.75) is 38.5 Å². The standard InChI is InChI=1S/C25H30N4O2/c1-17-14-20(12-13-26-17)19-10-8-18(9-11-19)15-27-25(30)22-16-29(2)28-24(22)21-6-4-5-7-23(21)31-3/h4-7,12-14,16,18-19H,8-11,15H2,1-3H3,(H,27,30). The molecule has 0 unspecified atom stereocenters.